The highest BCUT2D eigenvalue weighted by Crippen LogP contribution is 2.20. The van der Waals surface area contributed by atoms with Gasteiger partial charge in [0.1, 0.15) is 12.4 Å². The first kappa shape index (κ1) is 15.4. The van der Waals surface area contributed by atoms with Crippen molar-refractivity contribution in [1.29, 1.82) is 0 Å². The number of carbonyl (C=O) groups excluding carboxylic acids is 1. The highest BCUT2D eigenvalue weighted by molar-refractivity contribution is 7.99. The zero-order valence-corrected chi connectivity index (χ0v) is 12.7. The molecule has 2 rings (SSSR count). The van der Waals surface area contributed by atoms with E-state index in [9.17, 15) is 9.90 Å². The molecule has 112 valence electrons. The van der Waals surface area contributed by atoms with E-state index in [2.05, 4.69) is 10.2 Å². The number of thioether (sulfide) groups is 1. The SMILES string of the molecule is CCn1c(COc2ccccc2C)nnc1SCC(=O)[O-]. The molecule has 0 spiro atoms. The lowest BCUT2D eigenvalue weighted by molar-refractivity contribution is -0.301. The molecule has 0 saturated carbocycles. The zero-order chi connectivity index (χ0) is 15.2. The molecule has 1 heterocycles. The van der Waals surface area contributed by atoms with Crippen LogP contribution in [0.2, 0.25) is 0 Å². The Kier molecular flexibility index (Phi) is 5.21. The van der Waals surface area contributed by atoms with Crippen LogP contribution in [0.3, 0.4) is 0 Å². The van der Waals surface area contributed by atoms with Crippen LogP contribution in [-0.4, -0.2) is 26.5 Å². The van der Waals surface area contributed by atoms with Crippen LogP contribution in [0.4, 0.5) is 0 Å². The molecule has 0 aliphatic rings. The molecule has 0 atom stereocenters. The van der Waals surface area contributed by atoms with Crippen LogP contribution in [0.5, 0.6) is 5.75 Å². The predicted molar refractivity (Wildman–Crippen MR) is 76.9 cm³/mol. The van der Waals surface area contributed by atoms with Crippen LogP contribution in [-0.2, 0) is 17.9 Å². The summed E-state index contributed by atoms with van der Waals surface area (Å²) in [6.07, 6.45) is 0. The third kappa shape index (κ3) is 3.98. The first-order chi connectivity index (χ1) is 10.1. The van der Waals surface area contributed by atoms with Crippen molar-refractivity contribution in [2.75, 3.05) is 5.75 Å². The summed E-state index contributed by atoms with van der Waals surface area (Å²) in [5, 5.41) is 19.1. The maximum atomic E-state index is 10.5. The Morgan fingerprint density at radius 3 is 2.81 bits per heavy atom. The van der Waals surface area contributed by atoms with Crippen LogP contribution in [0.15, 0.2) is 29.4 Å². The van der Waals surface area contributed by atoms with Gasteiger partial charge in [0.2, 0.25) is 0 Å². The van der Waals surface area contributed by atoms with Gasteiger partial charge in [0, 0.05) is 12.3 Å². The van der Waals surface area contributed by atoms with E-state index in [0.717, 1.165) is 23.1 Å². The van der Waals surface area contributed by atoms with Gasteiger partial charge in [-0.1, -0.05) is 30.0 Å². The third-order valence-corrected chi connectivity index (χ3v) is 3.82. The van der Waals surface area contributed by atoms with Crippen molar-refractivity contribution in [3.8, 4) is 5.75 Å². The van der Waals surface area contributed by atoms with Crippen molar-refractivity contribution < 1.29 is 14.6 Å². The number of benzene rings is 1. The summed E-state index contributed by atoms with van der Waals surface area (Å²) in [4.78, 5) is 10.5. The molecule has 7 heteroatoms. The molecular formula is C14H16N3O3S-. The molecule has 1 aromatic heterocycles. The minimum atomic E-state index is -1.12. The third-order valence-electron chi connectivity index (χ3n) is 2.88. The summed E-state index contributed by atoms with van der Waals surface area (Å²) in [6, 6.07) is 7.73. The molecule has 0 amide bonds. The number of ether oxygens (including phenoxy) is 1. The van der Waals surface area contributed by atoms with Gasteiger partial charge in [0.05, 0.1) is 5.97 Å². The smallest absolute Gasteiger partial charge is 0.191 e. The van der Waals surface area contributed by atoms with Gasteiger partial charge in [0.15, 0.2) is 11.0 Å². The molecular weight excluding hydrogens is 290 g/mol. The monoisotopic (exact) mass is 306 g/mol. The quantitative estimate of drug-likeness (QED) is 0.711. The number of aryl methyl sites for hydroxylation is 1. The maximum Gasteiger partial charge on any atom is 0.191 e. The standard InChI is InChI=1S/C14H17N3O3S/c1-3-17-12(15-16-14(17)21-9-13(18)19)8-20-11-7-5-4-6-10(11)2/h4-7H,3,8-9H2,1-2H3,(H,18,19)/p-1. The first-order valence-electron chi connectivity index (χ1n) is 6.55. The highest BCUT2D eigenvalue weighted by atomic mass is 32.2. The van der Waals surface area contributed by atoms with Gasteiger partial charge < -0.3 is 19.2 Å². The largest absolute Gasteiger partial charge is 0.549 e. The molecule has 21 heavy (non-hydrogen) atoms. The number of carboxylic acids is 1. The van der Waals surface area contributed by atoms with E-state index in [-0.39, 0.29) is 12.4 Å². The second-order valence-electron chi connectivity index (χ2n) is 4.36. The second-order valence-corrected chi connectivity index (χ2v) is 5.30. The number of hydrogen-bond acceptors (Lipinski definition) is 6. The van der Waals surface area contributed by atoms with Gasteiger partial charge in [-0.15, -0.1) is 10.2 Å². The van der Waals surface area contributed by atoms with Crippen LogP contribution in [0, 0.1) is 6.92 Å². The van der Waals surface area contributed by atoms with Gasteiger partial charge in [-0.2, -0.15) is 0 Å². The number of carboxylic acid groups (broad SMARTS) is 1. The lowest BCUT2D eigenvalue weighted by Crippen LogP contribution is -2.24. The number of hydrogen-bond donors (Lipinski definition) is 0. The summed E-state index contributed by atoms with van der Waals surface area (Å²) in [5.74, 6) is 0.202. The maximum absolute atomic E-state index is 10.5. The molecule has 0 aliphatic heterocycles. The number of aromatic nitrogens is 3. The van der Waals surface area contributed by atoms with Gasteiger partial charge in [-0.25, -0.2) is 0 Å². The van der Waals surface area contributed by atoms with E-state index < -0.39 is 5.97 Å². The normalized spacial score (nSPS) is 10.6. The van der Waals surface area contributed by atoms with Crippen LogP contribution < -0.4 is 9.84 Å². The van der Waals surface area contributed by atoms with Crippen molar-refractivity contribution in [2.24, 2.45) is 0 Å². The topological polar surface area (TPSA) is 80.1 Å². The van der Waals surface area contributed by atoms with E-state index in [1.54, 1.807) is 0 Å². The fourth-order valence-corrected chi connectivity index (χ4v) is 2.57. The number of aliphatic carboxylic acids is 1. The molecule has 0 radical (unpaired) electrons. The Morgan fingerprint density at radius 1 is 1.38 bits per heavy atom. The summed E-state index contributed by atoms with van der Waals surface area (Å²) in [5.41, 5.74) is 1.05. The van der Waals surface area contributed by atoms with Crippen molar-refractivity contribution in [3.05, 3.63) is 35.7 Å². The Bertz CT molecular complexity index is 628. The average molecular weight is 306 g/mol. The first-order valence-corrected chi connectivity index (χ1v) is 7.53. The molecule has 1 aromatic carbocycles. The summed E-state index contributed by atoms with van der Waals surface area (Å²) < 4.78 is 7.58. The van der Waals surface area contributed by atoms with Crippen LogP contribution in [0.1, 0.15) is 18.3 Å². The van der Waals surface area contributed by atoms with E-state index in [1.807, 2.05) is 42.7 Å². The van der Waals surface area contributed by atoms with Crippen molar-refractivity contribution >= 4 is 17.7 Å². The van der Waals surface area contributed by atoms with E-state index in [4.69, 9.17) is 4.74 Å². The summed E-state index contributed by atoms with van der Waals surface area (Å²) in [7, 11) is 0. The average Bonchev–Trinajstić information content (AvgIpc) is 2.86. The minimum Gasteiger partial charge on any atom is -0.549 e. The van der Waals surface area contributed by atoms with Gasteiger partial charge in [-0.05, 0) is 25.5 Å². The molecule has 0 aliphatic carbocycles. The van der Waals surface area contributed by atoms with Gasteiger partial charge in [-0.3, -0.25) is 0 Å². The highest BCUT2D eigenvalue weighted by Gasteiger charge is 2.12. The van der Waals surface area contributed by atoms with Crippen LogP contribution >= 0.6 is 11.8 Å². The second kappa shape index (κ2) is 7.12. The van der Waals surface area contributed by atoms with E-state index in [1.165, 1.54) is 0 Å². The Balaban J connectivity index is 2.06. The Hall–Kier alpha value is -2.02. The Morgan fingerprint density at radius 2 is 2.14 bits per heavy atom. The van der Waals surface area contributed by atoms with Crippen molar-refractivity contribution in [3.63, 3.8) is 0 Å². The minimum absolute atomic E-state index is 0.142. The van der Waals surface area contributed by atoms with Gasteiger partial charge >= 0.3 is 0 Å². The van der Waals surface area contributed by atoms with E-state index >= 15 is 0 Å². The number of nitrogens with zero attached hydrogens (tertiary/aromatic N) is 3. The van der Waals surface area contributed by atoms with Crippen molar-refractivity contribution in [2.45, 2.75) is 32.2 Å². The van der Waals surface area contributed by atoms with Crippen LogP contribution in [0.25, 0.3) is 0 Å². The Labute approximate surface area is 127 Å². The van der Waals surface area contributed by atoms with Crippen molar-refractivity contribution in [1.82, 2.24) is 14.8 Å². The number of carbonyl (C=O) groups is 1. The van der Waals surface area contributed by atoms with Gasteiger partial charge in [0.25, 0.3) is 0 Å². The predicted octanol–water partition coefficient (Wildman–Crippen LogP) is 1.03. The molecule has 0 saturated heterocycles. The lowest BCUT2D eigenvalue weighted by Gasteiger charge is -2.10. The number of para-hydroxylation sites is 1. The fourth-order valence-electron chi connectivity index (χ4n) is 1.83. The lowest BCUT2D eigenvalue weighted by atomic mass is 10.2. The zero-order valence-electron chi connectivity index (χ0n) is 11.9. The molecule has 0 fully saturated rings. The molecule has 2 aromatic rings. The number of rotatable bonds is 7. The fraction of sp³-hybridized carbons (Fsp3) is 0.357. The summed E-state index contributed by atoms with van der Waals surface area (Å²) >= 11 is 1.10. The molecule has 0 bridgehead atoms. The molecule has 6 nitrogen and oxygen atoms in total. The molecule has 0 N–H and O–H groups in total. The summed E-state index contributed by atoms with van der Waals surface area (Å²) in [6.45, 7) is 4.86. The molecule has 0 unspecified atom stereocenters. The van der Waals surface area contributed by atoms with E-state index in [0.29, 0.717) is 17.5 Å².